The van der Waals surface area contributed by atoms with E-state index in [-0.39, 0.29) is 23.6 Å². The van der Waals surface area contributed by atoms with Crippen LogP contribution in [0.25, 0.3) is 0 Å². The maximum Gasteiger partial charge on any atom is 0.255 e. The summed E-state index contributed by atoms with van der Waals surface area (Å²) >= 11 is 0. The molecule has 2 aliphatic heterocycles. The highest BCUT2D eigenvalue weighted by molar-refractivity contribution is 5.94. The third kappa shape index (κ3) is 5.93. The van der Waals surface area contributed by atoms with Crippen LogP contribution in [-0.2, 0) is 9.59 Å². The molecule has 8 heteroatoms. The van der Waals surface area contributed by atoms with Gasteiger partial charge in [-0.3, -0.25) is 14.4 Å². The minimum Gasteiger partial charge on any atom is -0.481 e. The van der Waals surface area contributed by atoms with Crippen LogP contribution in [0.3, 0.4) is 0 Å². The van der Waals surface area contributed by atoms with E-state index in [9.17, 15) is 14.4 Å². The lowest BCUT2D eigenvalue weighted by atomic mass is 9.94. The molecule has 1 N–H and O–H groups in total. The summed E-state index contributed by atoms with van der Waals surface area (Å²) in [6.45, 7) is 3.01. The number of ether oxygens (including phenoxy) is 1. The van der Waals surface area contributed by atoms with E-state index in [4.69, 9.17) is 4.74 Å². The fraction of sp³-hybridized carbons (Fsp3) is 0.636. The number of nitrogens with one attached hydrogen (secondary N) is 1. The molecule has 3 heterocycles. The summed E-state index contributed by atoms with van der Waals surface area (Å²) in [6, 6.07) is 3.39. The average molecular weight is 417 g/mol. The molecule has 1 aromatic heterocycles. The Morgan fingerprint density at radius 2 is 1.80 bits per heavy atom. The molecular weight excluding hydrogens is 384 g/mol. The number of likely N-dealkylation sites (tertiary alicyclic amines) is 1. The van der Waals surface area contributed by atoms with Crippen LogP contribution in [0.15, 0.2) is 18.3 Å². The lowest BCUT2D eigenvalue weighted by molar-refractivity contribution is -0.137. The minimum atomic E-state index is -0.0868. The van der Waals surface area contributed by atoms with Gasteiger partial charge in [0.05, 0.1) is 12.7 Å². The molecule has 0 atom stereocenters. The van der Waals surface area contributed by atoms with E-state index in [1.54, 1.807) is 17.0 Å². The number of piperidine rings is 1. The highest BCUT2D eigenvalue weighted by atomic mass is 16.5. The van der Waals surface area contributed by atoms with Crippen LogP contribution in [0.2, 0.25) is 0 Å². The van der Waals surface area contributed by atoms with Crippen LogP contribution in [0.1, 0.15) is 55.3 Å². The van der Waals surface area contributed by atoms with E-state index < -0.39 is 0 Å². The van der Waals surface area contributed by atoms with Crippen LogP contribution < -0.4 is 10.1 Å². The number of hydrogen-bond donors (Lipinski definition) is 1. The van der Waals surface area contributed by atoms with E-state index in [0.717, 1.165) is 32.2 Å². The Morgan fingerprint density at radius 3 is 2.50 bits per heavy atom. The molecule has 2 saturated heterocycles. The SMILES string of the molecule is COc1ccc(C(=O)N2CCC(C(=O)N3CCCCCCNC(=O)CC3)CC2)cn1. The van der Waals surface area contributed by atoms with Gasteiger partial charge in [0.2, 0.25) is 17.7 Å². The summed E-state index contributed by atoms with van der Waals surface area (Å²) < 4.78 is 5.03. The molecule has 3 amide bonds. The average Bonchev–Trinajstić information content (AvgIpc) is 2.84. The van der Waals surface area contributed by atoms with E-state index in [1.807, 2.05) is 4.90 Å². The highest BCUT2D eigenvalue weighted by Gasteiger charge is 2.30. The van der Waals surface area contributed by atoms with Crippen molar-refractivity contribution in [2.24, 2.45) is 5.92 Å². The zero-order valence-corrected chi connectivity index (χ0v) is 17.8. The van der Waals surface area contributed by atoms with E-state index in [0.29, 0.717) is 56.9 Å². The maximum atomic E-state index is 13.1. The van der Waals surface area contributed by atoms with Gasteiger partial charge in [-0.1, -0.05) is 12.8 Å². The molecule has 0 saturated carbocycles. The van der Waals surface area contributed by atoms with Crippen molar-refractivity contribution in [2.75, 3.05) is 39.8 Å². The molecule has 3 rings (SSSR count). The smallest absolute Gasteiger partial charge is 0.255 e. The fourth-order valence-electron chi connectivity index (χ4n) is 4.06. The van der Waals surface area contributed by atoms with Crippen LogP contribution >= 0.6 is 0 Å². The molecule has 2 fully saturated rings. The summed E-state index contributed by atoms with van der Waals surface area (Å²) in [6.07, 6.45) is 7.29. The largest absolute Gasteiger partial charge is 0.481 e. The molecular formula is C22H32N4O4. The Hall–Kier alpha value is -2.64. The summed E-state index contributed by atoms with van der Waals surface area (Å²) in [5, 5.41) is 2.93. The molecule has 1 aromatic rings. The number of aromatic nitrogens is 1. The van der Waals surface area contributed by atoms with Gasteiger partial charge in [-0.25, -0.2) is 4.98 Å². The second-order valence-electron chi connectivity index (χ2n) is 8.00. The Labute approximate surface area is 178 Å². The summed E-state index contributed by atoms with van der Waals surface area (Å²) in [5.41, 5.74) is 0.527. The summed E-state index contributed by atoms with van der Waals surface area (Å²) in [7, 11) is 1.54. The van der Waals surface area contributed by atoms with Gasteiger partial charge in [-0.2, -0.15) is 0 Å². The Kier molecular flexibility index (Phi) is 8.04. The van der Waals surface area contributed by atoms with Crippen molar-refractivity contribution in [1.29, 1.82) is 0 Å². The minimum absolute atomic E-state index is 0.0169. The second-order valence-corrected chi connectivity index (χ2v) is 8.00. The number of nitrogens with zero attached hydrogens (tertiary/aromatic N) is 3. The molecule has 30 heavy (non-hydrogen) atoms. The Morgan fingerprint density at radius 1 is 1.03 bits per heavy atom. The van der Waals surface area contributed by atoms with Gasteiger partial charge >= 0.3 is 0 Å². The van der Waals surface area contributed by atoms with Crippen LogP contribution in [-0.4, -0.2) is 72.3 Å². The van der Waals surface area contributed by atoms with Gasteiger partial charge in [-0.15, -0.1) is 0 Å². The first kappa shape index (κ1) is 22.1. The first-order valence-corrected chi connectivity index (χ1v) is 10.9. The van der Waals surface area contributed by atoms with Gasteiger partial charge in [0.15, 0.2) is 0 Å². The maximum absolute atomic E-state index is 13.1. The number of carbonyl (C=O) groups excluding carboxylic acids is 3. The summed E-state index contributed by atoms with van der Waals surface area (Å²) in [5.74, 6) is 0.461. The molecule has 8 nitrogen and oxygen atoms in total. The fourth-order valence-corrected chi connectivity index (χ4v) is 4.06. The number of amides is 3. The zero-order chi connectivity index (χ0) is 21.3. The van der Waals surface area contributed by atoms with Gasteiger partial charge < -0.3 is 19.9 Å². The van der Waals surface area contributed by atoms with Crippen molar-refractivity contribution in [1.82, 2.24) is 20.1 Å². The van der Waals surface area contributed by atoms with Crippen molar-refractivity contribution in [3.05, 3.63) is 23.9 Å². The lowest BCUT2D eigenvalue weighted by Gasteiger charge is -2.34. The molecule has 164 valence electrons. The van der Waals surface area contributed by atoms with Crippen LogP contribution in [0.5, 0.6) is 5.88 Å². The first-order valence-electron chi connectivity index (χ1n) is 10.9. The van der Waals surface area contributed by atoms with Gasteiger partial charge in [-0.05, 0) is 31.7 Å². The quantitative estimate of drug-likeness (QED) is 0.812. The van der Waals surface area contributed by atoms with Gasteiger partial charge in [0.25, 0.3) is 5.91 Å². The van der Waals surface area contributed by atoms with Crippen molar-refractivity contribution >= 4 is 17.7 Å². The van der Waals surface area contributed by atoms with Gasteiger partial charge in [0.1, 0.15) is 0 Å². The molecule has 0 aliphatic carbocycles. The normalized spacial score (nSPS) is 19.6. The summed E-state index contributed by atoms with van der Waals surface area (Å²) in [4.78, 5) is 45.5. The predicted octanol–water partition coefficient (Wildman–Crippen LogP) is 1.85. The Bertz CT molecular complexity index is 729. The number of carbonyl (C=O) groups is 3. The van der Waals surface area contributed by atoms with Crippen molar-refractivity contribution in [3.8, 4) is 5.88 Å². The zero-order valence-electron chi connectivity index (χ0n) is 17.8. The molecule has 0 unspecified atom stereocenters. The van der Waals surface area contributed by atoms with Crippen molar-refractivity contribution < 1.29 is 19.1 Å². The topological polar surface area (TPSA) is 91.8 Å². The van der Waals surface area contributed by atoms with Crippen molar-refractivity contribution in [2.45, 2.75) is 44.9 Å². The molecule has 0 aromatic carbocycles. The van der Waals surface area contributed by atoms with Crippen molar-refractivity contribution in [3.63, 3.8) is 0 Å². The molecule has 0 bridgehead atoms. The third-order valence-electron chi connectivity index (χ3n) is 5.92. The number of pyridine rings is 1. The monoisotopic (exact) mass is 416 g/mol. The van der Waals surface area contributed by atoms with Gasteiger partial charge in [0, 0.05) is 57.3 Å². The molecule has 0 radical (unpaired) electrons. The number of hydrogen-bond acceptors (Lipinski definition) is 5. The van der Waals surface area contributed by atoms with Crippen LogP contribution in [0, 0.1) is 5.92 Å². The molecule has 0 spiro atoms. The van der Waals surface area contributed by atoms with E-state index >= 15 is 0 Å². The van der Waals surface area contributed by atoms with E-state index in [2.05, 4.69) is 10.3 Å². The number of methoxy groups -OCH3 is 1. The predicted molar refractivity (Wildman–Crippen MR) is 112 cm³/mol. The first-order chi connectivity index (χ1) is 14.6. The molecule has 2 aliphatic rings. The lowest BCUT2D eigenvalue weighted by Crippen LogP contribution is -2.45. The standard InChI is InChI=1S/C22H32N4O4/c1-30-20-7-6-18(16-24-20)22(29)26-13-8-17(9-14-26)21(28)25-12-5-3-2-4-11-23-19(27)10-15-25/h6-7,16-17H,2-5,8-15H2,1H3,(H,23,27). The number of rotatable bonds is 3. The third-order valence-corrected chi connectivity index (χ3v) is 5.92. The van der Waals surface area contributed by atoms with Crippen LogP contribution in [0.4, 0.5) is 0 Å². The second kappa shape index (κ2) is 10.9. The highest BCUT2D eigenvalue weighted by Crippen LogP contribution is 2.22. The van der Waals surface area contributed by atoms with E-state index in [1.165, 1.54) is 13.3 Å². The Balaban J connectivity index is 1.53.